The molecular weight excluding hydrogens is 354 g/mol. The van der Waals surface area contributed by atoms with Crippen LogP contribution in [0.2, 0.25) is 0 Å². The second-order valence-corrected chi connectivity index (χ2v) is 6.96. The van der Waals surface area contributed by atoms with Crippen molar-refractivity contribution < 1.29 is 30.3 Å². The molecule has 0 heterocycles. The summed E-state index contributed by atoms with van der Waals surface area (Å²) in [6, 6.07) is -1.82. The van der Waals surface area contributed by atoms with E-state index >= 15 is 0 Å². The van der Waals surface area contributed by atoms with Crippen molar-refractivity contribution in [3.8, 4) is 0 Å². The molecule has 0 aromatic rings. The van der Waals surface area contributed by atoms with E-state index in [0.29, 0.717) is 25.8 Å². The fraction of sp³-hybridized carbons (Fsp3) is 0.833. The first kappa shape index (κ1) is 23.8. The first-order valence-corrected chi connectivity index (χ1v) is 9.64. The molecule has 158 valence electrons. The first-order chi connectivity index (χ1) is 12.8. The summed E-state index contributed by atoms with van der Waals surface area (Å²) in [6.07, 6.45) is -0.242. The maximum Gasteiger partial charge on any atom is 0.315 e. The van der Waals surface area contributed by atoms with Gasteiger partial charge in [0.15, 0.2) is 0 Å². The number of aliphatic hydroxyl groups excluding tert-OH is 5. The standard InChI is InChI=1S/C18H35N3O6/c1-3-11(22)9-15(24)13(21-18(27)19-4-2)10-20-12-7-5-6-8-14(23)17(26)16(12)25/h5,7,11-17,20,22-26H,3-4,6,8-10H2,1-2H3,(H2,19,21,27)/b7-5-. The predicted molar refractivity (Wildman–Crippen MR) is 101 cm³/mol. The van der Waals surface area contributed by atoms with Crippen LogP contribution in [0.3, 0.4) is 0 Å². The van der Waals surface area contributed by atoms with Crippen molar-refractivity contribution in [3.63, 3.8) is 0 Å². The lowest BCUT2D eigenvalue weighted by molar-refractivity contribution is -0.0703. The third kappa shape index (κ3) is 8.12. The fourth-order valence-electron chi connectivity index (χ4n) is 2.96. The lowest BCUT2D eigenvalue weighted by atomic mass is 9.94. The van der Waals surface area contributed by atoms with Crippen LogP contribution in [-0.4, -0.2) is 87.3 Å². The molecule has 8 N–H and O–H groups in total. The van der Waals surface area contributed by atoms with Crippen molar-refractivity contribution in [1.29, 1.82) is 0 Å². The minimum atomic E-state index is -1.30. The van der Waals surface area contributed by atoms with Gasteiger partial charge in [-0.25, -0.2) is 4.79 Å². The summed E-state index contributed by atoms with van der Waals surface area (Å²) < 4.78 is 0. The summed E-state index contributed by atoms with van der Waals surface area (Å²) in [7, 11) is 0. The second-order valence-electron chi connectivity index (χ2n) is 6.96. The van der Waals surface area contributed by atoms with Gasteiger partial charge in [0.05, 0.1) is 30.4 Å². The summed E-state index contributed by atoms with van der Waals surface area (Å²) in [5, 5.41) is 58.6. The van der Waals surface area contributed by atoms with Gasteiger partial charge in [-0.2, -0.15) is 0 Å². The Bertz CT molecular complexity index is 464. The summed E-state index contributed by atoms with van der Waals surface area (Å²) in [5.74, 6) is 0. The highest BCUT2D eigenvalue weighted by Crippen LogP contribution is 2.15. The van der Waals surface area contributed by atoms with E-state index in [1.54, 1.807) is 26.0 Å². The van der Waals surface area contributed by atoms with E-state index in [-0.39, 0.29) is 13.0 Å². The lowest BCUT2D eigenvalue weighted by Crippen LogP contribution is -2.57. The van der Waals surface area contributed by atoms with Gasteiger partial charge in [-0.3, -0.25) is 0 Å². The summed E-state index contributed by atoms with van der Waals surface area (Å²) >= 11 is 0. The first-order valence-electron chi connectivity index (χ1n) is 9.64. The third-order valence-corrected chi connectivity index (χ3v) is 4.76. The molecule has 1 aliphatic rings. The van der Waals surface area contributed by atoms with Crippen molar-refractivity contribution in [2.75, 3.05) is 13.1 Å². The zero-order valence-electron chi connectivity index (χ0n) is 16.1. The molecule has 7 atom stereocenters. The second kappa shape index (κ2) is 12.3. The van der Waals surface area contributed by atoms with E-state index in [0.717, 1.165) is 0 Å². The van der Waals surface area contributed by atoms with Crippen LogP contribution in [0, 0.1) is 0 Å². The number of carbonyl (C=O) groups excluding carboxylic acids is 1. The maximum absolute atomic E-state index is 11.9. The SMILES string of the molecule is CCNC(=O)NC(CNC1/C=C\CCC(O)C(O)C1O)C(O)CC(O)CC. The van der Waals surface area contributed by atoms with Gasteiger partial charge in [0.2, 0.25) is 0 Å². The molecule has 2 amide bonds. The highest BCUT2D eigenvalue weighted by atomic mass is 16.4. The zero-order chi connectivity index (χ0) is 20.4. The molecule has 1 aliphatic carbocycles. The van der Waals surface area contributed by atoms with Gasteiger partial charge >= 0.3 is 6.03 Å². The molecule has 9 nitrogen and oxygen atoms in total. The minimum Gasteiger partial charge on any atom is -0.393 e. The Morgan fingerprint density at radius 2 is 1.89 bits per heavy atom. The van der Waals surface area contributed by atoms with Crippen LogP contribution >= 0.6 is 0 Å². The number of rotatable bonds is 9. The fourth-order valence-corrected chi connectivity index (χ4v) is 2.96. The van der Waals surface area contributed by atoms with Crippen LogP contribution in [0.4, 0.5) is 4.79 Å². The molecule has 0 aromatic carbocycles. The zero-order valence-corrected chi connectivity index (χ0v) is 16.1. The van der Waals surface area contributed by atoms with Crippen molar-refractivity contribution in [2.45, 2.75) is 82.1 Å². The van der Waals surface area contributed by atoms with Crippen LogP contribution in [-0.2, 0) is 0 Å². The number of urea groups is 1. The third-order valence-electron chi connectivity index (χ3n) is 4.76. The van der Waals surface area contributed by atoms with E-state index in [1.165, 1.54) is 0 Å². The van der Waals surface area contributed by atoms with E-state index in [9.17, 15) is 30.3 Å². The van der Waals surface area contributed by atoms with Gasteiger partial charge in [0, 0.05) is 19.5 Å². The van der Waals surface area contributed by atoms with Gasteiger partial charge in [-0.15, -0.1) is 0 Å². The Kier molecular flexibility index (Phi) is 10.8. The quantitative estimate of drug-likeness (QED) is 0.225. The van der Waals surface area contributed by atoms with Gasteiger partial charge in [0.25, 0.3) is 0 Å². The Morgan fingerprint density at radius 1 is 1.19 bits per heavy atom. The average Bonchev–Trinajstić information content (AvgIpc) is 2.64. The molecule has 0 radical (unpaired) electrons. The molecule has 1 rings (SSSR count). The van der Waals surface area contributed by atoms with Crippen molar-refractivity contribution >= 4 is 6.03 Å². The van der Waals surface area contributed by atoms with Crippen LogP contribution in [0.5, 0.6) is 0 Å². The number of hydrogen-bond donors (Lipinski definition) is 8. The van der Waals surface area contributed by atoms with Crippen LogP contribution in [0.25, 0.3) is 0 Å². The van der Waals surface area contributed by atoms with E-state index in [2.05, 4.69) is 16.0 Å². The molecule has 0 bridgehead atoms. The molecule has 7 unspecified atom stereocenters. The van der Waals surface area contributed by atoms with E-state index in [4.69, 9.17) is 0 Å². The molecule has 0 spiro atoms. The molecule has 0 fully saturated rings. The van der Waals surface area contributed by atoms with Gasteiger partial charge < -0.3 is 41.5 Å². The predicted octanol–water partition coefficient (Wildman–Crippen LogP) is -1.41. The molecule has 0 aliphatic heterocycles. The van der Waals surface area contributed by atoms with Crippen molar-refractivity contribution in [1.82, 2.24) is 16.0 Å². The lowest BCUT2D eigenvalue weighted by Gasteiger charge is -2.32. The van der Waals surface area contributed by atoms with Crippen LogP contribution in [0.1, 0.15) is 39.5 Å². The molecule has 9 heteroatoms. The van der Waals surface area contributed by atoms with Crippen molar-refractivity contribution in [3.05, 3.63) is 12.2 Å². The number of carbonyl (C=O) groups is 1. The summed E-state index contributed by atoms with van der Waals surface area (Å²) in [4.78, 5) is 11.9. The maximum atomic E-state index is 11.9. The molecule has 27 heavy (non-hydrogen) atoms. The minimum absolute atomic E-state index is 0.0969. The van der Waals surface area contributed by atoms with E-state index < -0.39 is 48.6 Å². The smallest absolute Gasteiger partial charge is 0.315 e. The largest absolute Gasteiger partial charge is 0.393 e. The Balaban J connectivity index is 2.77. The summed E-state index contributed by atoms with van der Waals surface area (Å²) in [6.45, 7) is 4.09. The number of nitrogens with one attached hydrogen (secondary N) is 3. The number of amides is 2. The number of hydrogen-bond acceptors (Lipinski definition) is 7. The van der Waals surface area contributed by atoms with Crippen molar-refractivity contribution in [2.24, 2.45) is 0 Å². The Morgan fingerprint density at radius 3 is 2.52 bits per heavy atom. The topological polar surface area (TPSA) is 154 Å². The summed E-state index contributed by atoms with van der Waals surface area (Å²) in [5.41, 5.74) is 0. The number of allylic oxidation sites excluding steroid dienone is 1. The van der Waals surface area contributed by atoms with Gasteiger partial charge in [0.1, 0.15) is 12.2 Å². The Labute approximate surface area is 160 Å². The highest BCUT2D eigenvalue weighted by Gasteiger charge is 2.32. The van der Waals surface area contributed by atoms with Gasteiger partial charge in [-0.05, 0) is 26.2 Å². The Hall–Kier alpha value is -1.23. The monoisotopic (exact) mass is 389 g/mol. The highest BCUT2D eigenvalue weighted by molar-refractivity contribution is 5.74. The molecule has 0 saturated heterocycles. The normalized spacial score (nSPS) is 30.5. The van der Waals surface area contributed by atoms with Gasteiger partial charge in [-0.1, -0.05) is 19.1 Å². The molecule has 0 aromatic heterocycles. The van der Waals surface area contributed by atoms with Crippen LogP contribution in [0.15, 0.2) is 12.2 Å². The molecule has 0 saturated carbocycles. The van der Waals surface area contributed by atoms with Crippen LogP contribution < -0.4 is 16.0 Å². The van der Waals surface area contributed by atoms with E-state index in [1.807, 2.05) is 0 Å². The number of aliphatic hydroxyl groups is 5. The average molecular weight is 389 g/mol. The molecular formula is C18H35N3O6.